The minimum absolute atomic E-state index is 0.101. The molecule has 116 valence electrons. The molecule has 2 N–H and O–H groups in total. The van der Waals surface area contributed by atoms with Gasteiger partial charge in [0.2, 0.25) is 5.91 Å². The molecular weight excluding hydrogens is 283 g/mol. The minimum Gasteiger partial charge on any atom is -0.491 e. The normalized spacial score (nSPS) is 10.1. The van der Waals surface area contributed by atoms with Crippen LogP contribution < -0.4 is 15.4 Å². The average Bonchev–Trinajstić information content (AvgIpc) is 2.54. The van der Waals surface area contributed by atoms with Crippen LogP contribution in [0.3, 0.4) is 0 Å². The van der Waals surface area contributed by atoms with Gasteiger partial charge in [0.05, 0.1) is 18.8 Å². The number of amides is 1. The summed E-state index contributed by atoms with van der Waals surface area (Å²) in [6, 6.07) is 13.1. The quantitative estimate of drug-likeness (QED) is 0.820. The second-order valence-electron chi connectivity index (χ2n) is 4.75. The molecule has 0 aliphatic rings. The number of halogens is 1. The number of nitrogens with one attached hydrogen (secondary N) is 2. The largest absolute Gasteiger partial charge is 0.491 e. The van der Waals surface area contributed by atoms with Gasteiger partial charge in [-0.25, -0.2) is 4.39 Å². The van der Waals surface area contributed by atoms with Crippen LogP contribution in [-0.4, -0.2) is 19.1 Å². The number of rotatable bonds is 7. The molecule has 2 rings (SSSR count). The summed E-state index contributed by atoms with van der Waals surface area (Å²) in [5.74, 6) is 0.175. The van der Waals surface area contributed by atoms with Crippen LogP contribution in [0, 0.1) is 5.82 Å². The summed E-state index contributed by atoms with van der Waals surface area (Å²) in [5, 5.41) is 5.74. The number of anilines is 2. The van der Waals surface area contributed by atoms with Crippen LogP contribution >= 0.6 is 0 Å². The van der Waals surface area contributed by atoms with Crippen molar-refractivity contribution in [3.05, 3.63) is 54.3 Å². The van der Waals surface area contributed by atoms with Crippen LogP contribution in [0.15, 0.2) is 48.5 Å². The van der Waals surface area contributed by atoms with Gasteiger partial charge in [0.1, 0.15) is 11.6 Å². The lowest BCUT2D eigenvalue weighted by Gasteiger charge is -2.12. The molecule has 0 saturated heterocycles. The van der Waals surface area contributed by atoms with E-state index in [1.165, 1.54) is 24.3 Å². The van der Waals surface area contributed by atoms with E-state index in [2.05, 4.69) is 10.6 Å². The van der Waals surface area contributed by atoms with Crippen molar-refractivity contribution in [1.82, 2.24) is 0 Å². The summed E-state index contributed by atoms with van der Waals surface area (Å²) in [6.45, 7) is 2.76. The van der Waals surface area contributed by atoms with Crippen LogP contribution in [0.1, 0.15) is 13.3 Å². The zero-order valence-corrected chi connectivity index (χ0v) is 12.4. The van der Waals surface area contributed by atoms with Crippen LogP contribution in [0.4, 0.5) is 15.8 Å². The zero-order valence-electron chi connectivity index (χ0n) is 12.4. The molecule has 0 aliphatic carbocycles. The Labute approximate surface area is 129 Å². The third-order valence-electron chi connectivity index (χ3n) is 2.92. The van der Waals surface area contributed by atoms with Crippen molar-refractivity contribution in [2.45, 2.75) is 13.3 Å². The summed E-state index contributed by atoms with van der Waals surface area (Å²) in [4.78, 5) is 11.9. The molecule has 0 aromatic heterocycles. The summed E-state index contributed by atoms with van der Waals surface area (Å²) >= 11 is 0. The summed E-state index contributed by atoms with van der Waals surface area (Å²) in [6.07, 6.45) is 0.916. The molecule has 0 fully saturated rings. The number of carbonyl (C=O) groups is 1. The van der Waals surface area contributed by atoms with E-state index in [0.717, 1.165) is 17.9 Å². The van der Waals surface area contributed by atoms with Crippen molar-refractivity contribution >= 4 is 17.3 Å². The van der Waals surface area contributed by atoms with Gasteiger partial charge in [-0.15, -0.1) is 0 Å². The maximum Gasteiger partial charge on any atom is 0.243 e. The van der Waals surface area contributed by atoms with Gasteiger partial charge in [-0.05, 0) is 42.8 Å². The summed E-state index contributed by atoms with van der Waals surface area (Å²) < 4.78 is 18.4. The Morgan fingerprint density at radius 3 is 2.59 bits per heavy atom. The van der Waals surface area contributed by atoms with E-state index in [0.29, 0.717) is 12.3 Å². The fraction of sp³-hybridized carbons (Fsp3) is 0.235. The Morgan fingerprint density at radius 2 is 1.86 bits per heavy atom. The Bertz CT molecular complexity index is 614. The standard InChI is InChI=1S/C17H19FN2O2/c1-2-11-22-16-6-4-3-5-15(16)19-12-17(21)20-14-9-7-13(18)8-10-14/h3-10,19H,2,11-12H2,1H3,(H,20,21). The first-order valence-corrected chi connectivity index (χ1v) is 7.20. The van der Waals surface area contributed by atoms with E-state index < -0.39 is 0 Å². The van der Waals surface area contributed by atoms with Gasteiger partial charge in [0, 0.05) is 5.69 Å². The number of ether oxygens (including phenoxy) is 1. The van der Waals surface area contributed by atoms with E-state index in [-0.39, 0.29) is 18.3 Å². The van der Waals surface area contributed by atoms with Crippen LogP contribution in [0.5, 0.6) is 5.75 Å². The fourth-order valence-corrected chi connectivity index (χ4v) is 1.86. The highest BCUT2D eigenvalue weighted by Gasteiger charge is 2.06. The van der Waals surface area contributed by atoms with E-state index in [4.69, 9.17) is 4.74 Å². The second-order valence-corrected chi connectivity index (χ2v) is 4.75. The zero-order chi connectivity index (χ0) is 15.8. The first kappa shape index (κ1) is 15.8. The number of hydrogen-bond acceptors (Lipinski definition) is 3. The van der Waals surface area contributed by atoms with Gasteiger partial charge >= 0.3 is 0 Å². The molecule has 0 bridgehead atoms. The topological polar surface area (TPSA) is 50.4 Å². The summed E-state index contributed by atoms with van der Waals surface area (Å²) in [7, 11) is 0. The van der Waals surface area contributed by atoms with Gasteiger partial charge in [-0.2, -0.15) is 0 Å². The second kappa shape index (κ2) is 8.02. The van der Waals surface area contributed by atoms with Crippen molar-refractivity contribution in [2.24, 2.45) is 0 Å². The highest BCUT2D eigenvalue weighted by molar-refractivity contribution is 5.93. The number of hydrogen-bond donors (Lipinski definition) is 2. The van der Waals surface area contributed by atoms with Crippen molar-refractivity contribution < 1.29 is 13.9 Å². The molecule has 2 aromatic carbocycles. The molecule has 0 atom stereocenters. The number of benzene rings is 2. The lowest BCUT2D eigenvalue weighted by molar-refractivity contribution is -0.114. The Kier molecular flexibility index (Phi) is 5.77. The van der Waals surface area contributed by atoms with Gasteiger partial charge in [0.15, 0.2) is 0 Å². The molecule has 4 nitrogen and oxygen atoms in total. The lowest BCUT2D eigenvalue weighted by Crippen LogP contribution is -2.22. The van der Waals surface area contributed by atoms with E-state index in [1.807, 2.05) is 31.2 Å². The van der Waals surface area contributed by atoms with E-state index >= 15 is 0 Å². The fourth-order valence-electron chi connectivity index (χ4n) is 1.86. The van der Waals surface area contributed by atoms with Gasteiger partial charge in [-0.3, -0.25) is 4.79 Å². The Hall–Kier alpha value is -2.56. The molecule has 2 aromatic rings. The first-order valence-electron chi connectivity index (χ1n) is 7.20. The molecule has 0 heterocycles. The molecule has 0 spiro atoms. The molecule has 0 aliphatic heterocycles. The Morgan fingerprint density at radius 1 is 1.14 bits per heavy atom. The third-order valence-corrected chi connectivity index (χ3v) is 2.92. The minimum atomic E-state index is -0.335. The third kappa shape index (κ3) is 4.77. The molecule has 22 heavy (non-hydrogen) atoms. The average molecular weight is 302 g/mol. The maximum atomic E-state index is 12.8. The van der Waals surface area contributed by atoms with Gasteiger partial charge in [-0.1, -0.05) is 19.1 Å². The van der Waals surface area contributed by atoms with E-state index in [1.54, 1.807) is 0 Å². The highest BCUT2D eigenvalue weighted by atomic mass is 19.1. The SMILES string of the molecule is CCCOc1ccccc1NCC(=O)Nc1ccc(F)cc1. The molecular formula is C17H19FN2O2. The first-order chi connectivity index (χ1) is 10.7. The van der Waals surface area contributed by atoms with Crippen molar-refractivity contribution in [3.63, 3.8) is 0 Å². The van der Waals surface area contributed by atoms with Crippen LogP contribution in [-0.2, 0) is 4.79 Å². The molecule has 1 amide bonds. The van der Waals surface area contributed by atoms with E-state index in [9.17, 15) is 9.18 Å². The smallest absolute Gasteiger partial charge is 0.243 e. The molecule has 5 heteroatoms. The maximum absolute atomic E-state index is 12.8. The van der Waals surface area contributed by atoms with Crippen LogP contribution in [0.25, 0.3) is 0 Å². The summed E-state index contributed by atoms with van der Waals surface area (Å²) in [5.41, 5.74) is 1.33. The predicted molar refractivity (Wildman–Crippen MR) is 85.7 cm³/mol. The lowest BCUT2D eigenvalue weighted by atomic mass is 10.3. The highest BCUT2D eigenvalue weighted by Crippen LogP contribution is 2.23. The molecule has 0 unspecified atom stereocenters. The predicted octanol–water partition coefficient (Wildman–Crippen LogP) is 3.67. The van der Waals surface area contributed by atoms with Gasteiger partial charge < -0.3 is 15.4 Å². The Balaban J connectivity index is 1.89. The van der Waals surface area contributed by atoms with Crippen molar-refractivity contribution in [2.75, 3.05) is 23.8 Å². The molecule has 0 radical (unpaired) electrons. The van der Waals surface area contributed by atoms with Crippen molar-refractivity contribution in [3.8, 4) is 5.75 Å². The number of para-hydroxylation sites is 2. The monoisotopic (exact) mass is 302 g/mol. The van der Waals surface area contributed by atoms with Crippen LogP contribution in [0.2, 0.25) is 0 Å². The number of carbonyl (C=O) groups excluding carboxylic acids is 1. The van der Waals surface area contributed by atoms with Crippen molar-refractivity contribution in [1.29, 1.82) is 0 Å². The molecule has 0 saturated carbocycles. The van der Waals surface area contributed by atoms with Gasteiger partial charge in [0.25, 0.3) is 0 Å².